The molecular formula is C12H10BrClFNS. The van der Waals surface area contributed by atoms with E-state index >= 15 is 0 Å². The lowest BCUT2D eigenvalue weighted by molar-refractivity contribution is 0.617. The molecule has 17 heavy (non-hydrogen) atoms. The Morgan fingerprint density at radius 1 is 1.41 bits per heavy atom. The fourth-order valence-corrected chi connectivity index (χ4v) is 3.06. The second-order valence-corrected chi connectivity index (χ2v) is 6.48. The summed E-state index contributed by atoms with van der Waals surface area (Å²) in [7, 11) is 0. The van der Waals surface area contributed by atoms with Crippen LogP contribution >= 0.6 is 38.9 Å². The first-order valence-electron chi connectivity index (χ1n) is 4.94. The van der Waals surface area contributed by atoms with Gasteiger partial charge in [-0.25, -0.2) is 4.39 Å². The molecule has 1 nitrogen and oxygen atoms in total. The molecule has 0 aliphatic carbocycles. The summed E-state index contributed by atoms with van der Waals surface area (Å²) in [5, 5.41) is 2.33. The Bertz CT molecular complexity index is 555. The first-order chi connectivity index (χ1) is 7.99. The lowest BCUT2D eigenvalue weighted by Gasteiger charge is -2.13. The molecule has 2 aromatic rings. The fraction of sp³-hybridized carbons (Fsp3) is 0.167. The van der Waals surface area contributed by atoms with Crippen molar-refractivity contribution >= 4 is 38.9 Å². The largest absolute Gasteiger partial charge is 0.320 e. The van der Waals surface area contributed by atoms with Crippen LogP contribution in [0, 0.1) is 12.7 Å². The lowest BCUT2D eigenvalue weighted by Crippen LogP contribution is -2.12. The van der Waals surface area contributed by atoms with Crippen molar-refractivity contribution in [3.05, 3.63) is 54.9 Å². The van der Waals surface area contributed by atoms with Gasteiger partial charge < -0.3 is 5.73 Å². The number of hydrogen-bond acceptors (Lipinski definition) is 2. The zero-order chi connectivity index (χ0) is 12.6. The van der Waals surface area contributed by atoms with Gasteiger partial charge in [0.05, 0.1) is 9.83 Å². The second-order valence-electron chi connectivity index (χ2n) is 3.78. The molecule has 0 spiro atoms. The summed E-state index contributed by atoms with van der Waals surface area (Å²) in [6, 6.07) is 4.63. The van der Waals surface area contributed by atoms with Gasteiger partial charge in [0.2, 0.25) is 0 Å². The van der Waals surface area contributed by atoms with Gasteiger partial charge in [-0.1, -0.05) is 11.6 Å². The van der Waals surface area contributed by atoms with E-state index in [-0.39, 0.29) is 11.9 Å². The fourth-order valence-electron chi connectivity index (χ4n) is 1.58. The van der Waals surface area contributed by atoms with Crippen molar-refractivity contribution in [2.45, 2.75) is 13.0 Å². The monoisotopic (exact) mass is 333 g/mol. The molecule has 0 saturated heterocycles. The van der Waals surface area contributed by atoms with E-state index in [1.54, 1.807) is 24.3 Å². The van der Waals surface area contributed by atoms with Crippen LogP contribution < -0.4 is 5.73 Å². The summed E-state index contributed by atoms with van der Waals surface area (Å²) in [6.45, 7) is 1.70. The Kier molecular flexibility index (Phi) is 3.88. The van der Waals surface area contributed by atoms with E-state index in [1.165, 1.54) is 6.07 Å². The van der Waals surface area contributed by atoms with Gasteiger partial charge in [-0.2, -0.15) is 0 Å². The van der Waals surface area contributed by atoms with Gasteiger partial charge in [-0.3, -0.25) is 0 Å². The summed E-state index contributed by atoms with van der Waals surface area (Å²) in [4.78, 5) is 0. The Morgan fingerprint density at radius 2 is 2.12 bits per heavy atom. The number of rotatable bonds is 2. The summed E-state index contributed by atoms with van der Waals surface area (Å²) in [5.74, 6) is -0.308. The number of benzene rings is 1. The molecule has 2 rings (SSSR count). The predicted molar refractivity (Wildman–Crippen MR) is 74.2 cm³/mol. The lowest BCUT2D eigenvalue weighted by atomic mass is 10.0. The SMILES string of the molecule is Cc1cc(C(N)c2csc(Br)c2)c(Cl)cc1F. The van der Waals surface area contributed by atoms with Crippen molar-refractivity contribution in [1.82, 2.24) is 0 Å². The first-order valence-corrected chi connectivity index (χ1v) is 6.99. The van der Waals surface area contributed by atoms with E-state index in [0.29, 0.717) is 10.6 Å². The summed E-state index contributed by atoms with van der Waals surface area (Å²) < 4.78 is 14.3. The van der Waals surface area contributed by atoms with Crippen LogP contribution in [0.1, 0.15) is 22.7 Å². The summed E-state index contributed by atoms with van der Waals surface area (Å²) >= 11 is 11.0. The van der Waals surface area contributed by atoms with Crippen molar-refractivity contribution < 1.29 is 4.39 Å². The first kappa shape index (κ1) is 13.0. The number of aryl methyl sites for hydroxylation is 1. The Balaban J connectivity index is 2.43. The van der Waals surface area contributed by atoms with Crippen LogP contribution in [-0.4, -0.2) is 0 Å². The van der Waals surface area contributed by atoms with Crippen molar-refractivity contribution in [2.24, 2.45) is 5.73 Å². The molecule has 2 N–H and O–H groups in total. The molecule has 1 atom stereocenters. The minimum absolute atomic E-state index is 0.308. The topological polar surface area (TPSA) is 26.0 Å². The van der Waals surface area contributed by atoms with Gasteiger partial charge in [0.15, 0.2) is 0 Å². The van der Waals surface area contributed by atoms with Crippen LogP contribution in [-0.2, 0) is 0 Å². The van der Waals surface area contributed by atoms with Crippen LogP contribution in [0.25, 0.3) is 0 Å². The molecule has 0 aliphatic rings. The van der Waals surface area contributed by atoms with Gasteiger partial charge in [0, 0.05) is 5.02 Å². The predicted octanol–water partition coefficient (Wildman–Crippen LogP) is 4.66. The van der Waals surface area contributed by atoms with Crippen molar-refractivity contribution in [1.29, 1.82) is 0 Å². The smallest absolute Gasteiger partial charge is 0.127 e. The van der Waals surface area contributed by atoms with Crippen LogP contribution in [0.4, 0.5) is 4.39 Å². The number of nitrogens with two attached hydrogens (primary N) is 1. The van der Waals surface area contributed by atoms with Crippen LogP contribution in [0.2, 0.25) is 5.02 Å². The standard InChI is InChI=1S/C12H10BrClFNS/c1-6-2-8(9(14)4-10(6)15)12(16)7-3-11(13)17-5-7/h2-5,12H,16H2,1H3. The van der Waals surface area contributed by atoms with Crippen molar-refractivity contribution in [3.8, 4) is 0 Å². The normalized spacial score (nSPS) is 12.8. The van der Waals surface area contributed by atoms with Crippen LogP contribution in [0.5, 0.6) is 0 Å². The molecule has 0 saturated carbocycles. The average molecular weight is 335 g/mol. The molecule has 1 heterocycles. The van der Waals surface area contributed by atoms with Gasteiger partial charge in [0.1, 0.15) is 5.82 Å². The molecule has 1 aromatic heterocycles. The minimum atomic E-state index is -0.329. The highest BCUT2D eigenvalue weighted by atomic mass is 79.9. The average Bonchev–Trinajstić information content (AvgIpc) is 2.69. The maximum absolute atomic E-state index is 13.3. The molecule has 1 unspecified atom stereocenters. The van der Waals surface area contributed by atoms with E-state index in [2.05, 4.69) is 15.9 Å². The maximum atomic E-state index is 13.3. The third-order valence-electron chi connectivity index (χ3n) is 2.56. The molecule has 5 heteroatoms. The molecular weight excluding hydrogens is 325 g/mol. The molecule has 0 radical (unpaired) electrons. The second kappa shape index (κ2) is 5.06. The van der Waals surface area contributed by atoms with Gasteiger partial charge in [0.25, 0.3) is 0 Å². The molecule has 0 amide bonds. The highest BCUT2D eigenvalue weighted by Crippen LogP contribution is 2.32. The zero-order valence-corrected chi connectivity index (χ0v) is 12.2. The van der Waals surface area contributed by atoms with Crippen molar-refractivity contribution in [3.63, 3.8) is 0 Å². The molecule has 90 valence electrons. The Hall–Kier alpha value is -0.420. The van der Waals surface area contributed by atoms with E-state index < -0.39 is 0 Å². The summed E-state index contributed by atoms with van der Waals surface area (Å²) in [6.07, 6.45) is 0. The maximum Gasteiger partial charge on any atom is 0.127 e. The van der Waals surface area contributed by atoms with E-state index in [1.807, 2.05) is 11.4 Å². The van der Waals surface area contributed by atoms with Gasteiger partial charge >= 0.3 is 0 Å². The number of hydrogen-bond donors (Lipinski definition) is 1. The van der Waals surface area contributed by atoms with Gasteiger partial charge in [-0.05, 0) is 63.1 Å². The van der Waals surface area contributed by atoms with E-state index in [4.69, 9.17) is 17.3 Å². The van der Waals surface area contributed by atoms with Crippen LogP contribution in [0.3, 0.4) is 0 Å². The van der Waals surface area contributed by atoms with E-state index in [9.17, 15) is 4.39 Å². The highest BCUT2D eigenvalue weighted by molar-refractivity contribution is 9.11. The Morgan fingerprint density at radius 3 is 2.71 bits per heavy atom. The molecule has 0 aliphatic heterocycles. The van der Waals surface area contributed by atoms with Crippen molar-refractivity contribution in [2.75, 3.05) is 0 Å². The molecule has 0 bridgehead atoms. The van der Waals surface area contributed by atoms with Crippen LogP contribution in [0.15, 0.2) is 27.4 Å². The number of halogens is 3. The Labute approximate surface area is 117 Å². The van der Waals surface area contributed by atoms with E-state index in [0.717, 1.165) is 14.9 Å². The third kappa shape index (κ3) is 2.71. The summed E-state index contributed by atoms with van der Waals surface area (Å²) in [5.41, 5.74) is 8.39. The van der Waals surface area contributed by atoms with Gasteiger partial charge in [-0.15, -0.1) is 11.3 Å². The quantitative estimate of drug-likeness (QED) is 0.849. The minimum Gasteiger partial charge on any atom is -0.320 e. The molecule has 1 aromatic carbocycles. The highest BCUT2D eigenvalue weighted by Gasteiger charge is 2.15. The number of thiophene rings is 1. The molecule has 0 fully saturated rings. The zero-order valence-electron chi connectivity index (χ0n) is 9.01. The third-order valence-corrected chi connectivity index (χ3v) is 4.41.